The molecule has 0 N–H and O–H groups in total. The van der Waals surface area contributed by atoms with Crippen molar-refractivity contribution >= 4 is 11.7 Å². The number of piperazine rings is 1. The molecule has 3 heterocycles. The Hall–Kier alpha value is -3.29. The lowest BCUT2D eigenvalue weighted by Gasteiger charge is -2.35. The van der Waals surface area contributed by atoms with E-state index in [2.05, 4.69) is 20.0 Å². The first kappa shape index (κ1) is 19.0. The standard InChI is InChI=1S/C21H23FN6O/c1-14-12-15(2)28(25-14)20-13-19(23-16(3)24-20)26-8-10-27(11-9-26)21(29)17-4-6-18(22)7-5-17/h4-7,12-13H,8-11H2,1-3H3. The van der Waals surface area contributed by atoms with Crippen molar-refractivity contribution in [3.8, 4) is 5.82 Å². The normalized spacial score (nSPS) is 14.3. The van der Waals surface area contributed by atoms with Gasteiger partial charge in [-0.15, -0.1) is 0 Å². The first-order chi connectivity index (χ1) is 13.9. The fourth-order valence-electron chi connectivity index (χ4n) is 3.58. The van der Waals surface area contributed by atoms with Gasteiger partial charge in [-0.05, 0) is 51.1 Å². The molecule has 0 radical (unpaired) electrons. The first-order valence-corrected chi connectivity index (χ1v) is 9.60. The first-order valence-electron chi connectivity index (χ1n) is 9.60. The lowest BCUT2D eigenvalue weighted by Crippen LogP contribution is -2.49. The summed E-state index contributed by atoms with van der Waals surface area (Å²) < 4.78 is 14.9. The Morgan fingerprint density at radius 3 is 2.21 bits per heavy atom. The molecular weight excluding hydrogens is 371 g/mol. The van der Waals surface area contributed by atoms with E-state index in [1.165, 1.54) is 24.3 Å². The minimum Gasteiger partial charge on any atom is -0.353 e. The molecule has 0 atom stereocenters. The van der Waals surface area contributed by atoms with Gasteiger partial charge in [-0.25, -0.2) is 19.0 Å². The Balaban J connectivity index is 1.49. The Bertz CT molecular complexity index is 1040. The van der Waals surface area contributed by atoms with Crippen molar-refractivity contribution in [2.75, 3.05) is 31.1 Å². The van der Waals surface area contributed by atoms with E-state index in [0.717, 1.165) is 23.0 Å². The molecule has 1 saturated heterocycles. The highest BCUT2D eigenvalue weighted by atomic mass is 19.1. The van der Waals surface area contributed by atoms with Gasteiger partial charge in [0.25, 0.3) is 5.91 Å². The molecule has 7 nitrogen and oxygen atoms in total. The summed E-state index contributed by atoms with van der Waals surface area (Å²) >= 11 is 0. The van der Waals surface area contributed by atoms with Crippen molar-refractivity contribution in [1.29, 1.82) is 0 Å². The molecule has 0 aliphatic carbocycles. The molecule has 0 unspecified atom stereocenters. The van der Waals surface area contributed by atoms with E-state index in [-0.39, 0.29) is 11.7 Å². The number of nitrogens with zero attached hydrogens (tertiary/aromatic N) is 6. The summed E-state index contributed by atoms with van der Waals surface area (Å²) in [6, 6.07) is 9.62. The summed E-state index contributed by atoms with van der Waals surface area (Å²) in [5.74, 6) is 1.82. The van der Waals surface area contributed by atoms with E-state index in [9.17, 15) is 9.18 Å². The summed E-state index contributed by atoms with van der Waals surface area (Å²) in [6.07, 6.45) is 0. The van der Waals surface area contributed by atoms with Crippen LogP contribution in [-0.4, -0.2) is 56.7 Å². The highest BCUT2D eigenvalue weighted by molar-refractivity contribution is 5.94. The Kier molecular flexibility index (Phi) is 5.00. The molecule has 1 aliphatic heterocycles. The molecule has 1 aliphatic rings. The second kappa shape index (κ2) is 7.62. The zero-order valence-corrected chi connectivity index (χ0v) is 16.8. The number of carbonyl (C=O) groups is 1. The third kappa shape index (κ3) is 3.96. The van der Waals surface area contributed by atoms with Crippen molar-refractivity contribution in [3.05, 3.63) is 65.0 Å². The zero-order chi connectivity index (χ0) is 20.5. The van der Waals surface area contributed by atoms with Gasteiger partial charge in [-0.1, -0.05) is 0 Å². The number of aryl methyl sites for hydroxylation is 3. The summed E-state index contributed by atoms with van der Waals surface area (Å²) in [6.45, 7) is 8.31. The summed E-state index contributed by atoms with van der Waals surface area (Å²) in [4.78, 5) is 25.7. The van der Waals surface area contributed by atoms with Gasteiger partial charge in [0, 0.05) is 43.5 Å². The Morgan fingerprint density at radius 2 is 1.59 bits per heavy atom. The molecule has 150 valence electrons. The quantitative estimate of drug-likeness (QED) is 0.683. The highest BCUT2D eigenvalue weighted by Gasteiger charge is 2.23. The maximum absolute atomic E-state index is 13.1. The Morgan fingerprint density at radius 1 is 0.931 bits per heavy atom. The number of anilines is 1. The molecule has 0 bridgehead atoms. The molecule has 0 spiro atoms. The van der Waals surface area contributed by atoms with Crippen LogP contribution in [0.15, 0.2) is 36.4 Å². The number of rotatable bonds is 3. The topological polar surface area (TPSA) is 67.2 Å². The van der Waals surface area contributed by atoms with Crippen LogP contribution in [0.1, 0.15) is 27.6 Å². The van der Waals surface area contributed by atoms with E-state index >= 15 is 0 Å². The third-order valence-electron chi connectivity index (χ3n) is 5.02. The summed E-state index contributed by atoms with van der Waals surface area (Å²) in [7, 11) is 0. The van der Waals surface area contributed by atoms with Crippen LogP contribution in [-0.2, 0) is 0 Å². The van der Waals surface area contributed by atoms with E-state index in [1.54, 1.807) is 4.90 Å². The third-order valence-corrected chi connectivity index (χ3v) is 5.02. The predicted molar refractivity (Wildman–Crippen MR) is 108 cm³/mol. The maximum Gasteiger partial charge on any atom is 0.253 e. The van der Waals surface area contributed by atoms with E-state index in [1.807, 2.05) is 37.6 Å². The second-order valence-corrected chi connectivity index (χ2v) is 7.26. The summed E-state index contributed by atoms with van der Waals surface area (Å²) in [5.41, 5.74) is 2.46. The van der Waals surface area contributed by atoms with Crippen molar-refractivity contribution in [2.24, 2.45) is 0 Å². The molecule has 1 aromatic carbocycles. The van der Waals surface area contributed by atoms with Crippen LogP contribution in [0.3, 0.4) is 0 Å². The van der Waals surface area contributed by atoms with Crippen LogP contribution < -0.4 is 4.90 Å². The minimum atomic E-state index is -0.344. The monoisotopic (exact) mass is 394 g/mol. The number of hydrogen-bond acceptors (Lipinski definition) is 5. The Labute approximate surface area is 168 Å². The van der Waals surface area contributed by atoms with Crippen LogP contribution in [0.4, 0.5) is 10.2 Å². The van der Waals surface area contributed by atoms with Crippen molar-refractivity contribution in [2.45, 2.75) is 20.8 Å². The zero-order valence-electron chi connectivity index (χ0n) is 16.8. The number of hydrogen-bond donors (Lipinski definition) is 0. The maximum atomic E-state index is 13.1. The van der Waals surface area contributed by atoms with Gasteiger partial charge in [0.05, 0.1) is 5.69 Å². The lowest BCUT2D eigenvalue weighted by atomic mass is 10.2. The van der Waals surface area contributed by atoms with Gasteiger partial charge in [0.2, 0.25) is 0 Å². The molecule has 1 amide bonds. The van der Waals surface area contributed by atoms with E-state index in [4.69, 9.17) is 0 Å². The number of aromatic nitrogens is 4. The number of carbonyl (C=O) groups excluding carboxylic acids is 1. The van der Waals surface area contributed by atoms with E-state index < -0.39 is 0 Å². The molecule has 8 heteroatoms. The fourth-order valence-corrected chi connectivity index (χ4v) is 3.58. The molecule has 0 saturated carbocycles. The van der Waals surface area contributed by atoms with Crippen molar-refractivity contribution in [3.63, 3.8) is 0 Å². The van der Waals surface area contributed by atoms with Gasteiger partial charge in [0.1, 0.15) is 17.5 Å². The van der Waals surface area contributed by atoms with Crippen molar-refractivity contribution in [1.82, 2.24) is 24.6 Å². The van der Waals surface area contributed by atoms with Crippen LogP contribution in [0.25, 0.3) is 5.82 Å². The minimum absolute atomic E-state index is 0.0770. The number of amides is 1. The molecule has 3 aromatic rings. The van der Waals surface area contributed by atoms with Gasteiger partial charge < -0.3 is 9.80 Å². The van der Waals surface area contributed by atoms with Crippen LogP contribution in [0, 0.1) is 26.6 Å². The summed E-state index contributed by atoms with van der Waals surface area (Å²) in [5, 5.41) is 4.51. The number of halogens is 1. The average molecular weight is 394 g/mol. The lowest BCUT2D eigenvalue weighted by molar-refractivity contribution is 0.0746. The SMILES string of the molecule is Cc1cc(C)n(-c2cc(N3CCN(C(=O)c4ccc(F)cc4)CC3)nc(C)n2)n1. The van der Waals surface area contributed by atoms with Crippen LogP contribution >= 0.6 is 0 Å². The van der Waals surface area contributed by atoms with Crippen LogP contribution in [0.2, 0.25) is 0 Å². The largest absolute Gasteiger partial charge is 0.353 e. The van der Waals surface area contributed by atoms with Gasteiger partial charge in [0.15, 0.2) is 5.82 Å². The van der Waals surface area contributed by atoms with Crippen LogP contribution in [0.5, 0.6) is 0 Å². The molecule has 2 aromatic heterocycles. The smallest absolute Gasteiger partial charge is 0.253 e. The molecule has 29 heavy (non-hydrogen) atoms. The fraction of sp³-hybridized carbons (Fsp3) is 0.333. The predicted octanol–water partition coefficient (Wildman–Crippen LogP) is 2.69. The van der Waals surface area contributed by atoms with Gasteiger partial charge in [-0.2, -0.15) is 5.10 Å². The van der Waals surface area contributed by atoms with Crippen molar-refractivity contribution < 1.29 is 9.18 Å². The number of benzene rings is 1. The molecule has 4 rings (SSSR count). The van der Waals surface area contributed by atoms with E-state index in [0.29, 0.717) is 37.6 Å². The highest BCUT2D eigenvalue weighted by Crippen LogP contribution is 2.19. The molecule has 1 fully saturated rings. The van der Waals surface area contributed by atoms with Gasteiger partial charge >= 0.3 is 0 Å². The second-order valence-electron chi connectivity index (χ2n) is 7.26. The average Bonchev–Trinajstić information content (AvgIpc) is 3.06. The molecular formula is C21H23FN6O. The van der Waals surface area contributed by atoms with Gasteiger partial charge in [-0.3, -0.25) is 4.79 Å².